The summed E-state index contributed by atoms with van der Waals surface area (Å²) in [6.45, 7) is 5.48. The topological polar surface area (TPSA) is 66.3 Å². The number of carbonyl (C=O) groups is 1. The minimum absolute atomic E-state index is 0.0693. The fraction of sp³-hybridized carbons (Fsp3) is 0.516. The van der Waals surface area contributed by atoms with E-state index in [9.17, 15) is 18.0 Å². The van der Waals surface area contributed by atoms with Crippen molar-refractivity contribution in [2.24, 2.45) is 18.4 Å². The summed E-state index contributed by atoms with van der Waals surface area (Å²) in [5.74, 6) is 1.08. The monoisotopic (exact) mass is 564 g/mol. The van der Waals surface area contributed by atoms with Crippen LogP contribution in [0.1, 0.15) is 65.5 Å². The number of halogens is 3. The second-order valence-corrected chi connectivity index (χ2v) is 12.9. The van der Waals surface area contributed by atoms with Crippen molar-refractivity contribution in [1.82, 2.24) is 20.1 Å². The normalized spacial score (nSPS) is 25.3. The molecular weight excluding hydrogens is 529 g/mol. The van der Waals surface area contributed by atoms with Crippen LogP contribution in [0.25, 0.3) is 0 Å². The quantitative estimate of drug-likeness (QED) is 0.468. The molecule has 0 unspecified atom stereocenters. The Hall–Kier alpha value is -3.40. The van der Waals surface area contributed by atoms with E-state index in [4.69, 9.17) is 0 Å². The highest BCUT2D eigenvalue weighted by molar-refractivity contribution is 6.11. The van der Waals surface area contributed by atoms with Gasteiger partial charge in [0.15, 0.2) is 0 Å². The van der Waals surface area contributed by atoms with E-state index in [1.165, 1.54) is 11.0 Å². The predicted octanol–water partition coefficient (Wildman–Crippen LogP) is 5.09. The van der Waals surface area contributed by atoms with Gasteiger partial charge in [0, 0.05) is 54.3 Å². The molecule has 1 spiro atoms. The van der Waals surface area contributed by atoms with Crippen molar-refractivity contribution in [2.75, 3.05) is 36.0 Å². The number of rotatable bonds is 5. The standard InChI is InChI=1S/C31H35F3N6O/c1-20-13-30(14-20,15-27-37-36-19-38(27)2)21-4-3-5-22(10-21)40-16-25-24(28(40)41)11-23(12-26(25)31(32,33)34)39-17-29(18-39)6-8-35-9-7-29/h3-5,10-12,19-20,35H,6-9,13-18H2,1-2H3/t20-,30-. The molecule has 2 saturated heterocycles. The lowest BCUT2D eigenvalue weighted by Gasteiger charge is -2.53. The molecule has 1 amide bonds. The van der Waals surface area contributed by atoms with Crippen molar-refractivity contribution in [3.63, 3.8) is 0 Å². The van der Waals surface area contributed by atoms with E-state index >= 15 is 0 Å². The number of aromatic nitrogens is 3. The third-order valence-corrected chi connectivity index (χ3v) is 9.96. The van der Waals surface area contributed by atoms with Gasteiger partial charge in [-0.2, -0.15) is 13.2 Å². The fourth-order valence-electron chi connectivity index (χ4n) is 7.79. The molecule has 1 aromatic heterocycles. The molecule has 4 heterocycles. The van der Waals surface area contributed by atoms with Crippen LogP contribution < -0.4 is 15.1 Å². The van der Waals surface area contributed by atoms with Gasteiger partial charge in [-0.3, -0.25) is 4.79 Å². The van der Waals surface area contributed by atoms with Gasteiger partial charge in [-0.25, -0.2) is 0 Å². The van der Waals surface area contributed by atoms with Gasteiger partial charge in [0.25, 0.3) is 5.91 Å². The average molecular weight is 565 g/mol. The highest BCUT2D eigenvalue weighted by atomic mass is 19.4. The number of fused-ring (bicyclic) bond motifs is 1. The molecule has 2 aromatic carbocycles. The maximum absolute atomic E-state index is 14.4. The number of alkyl halides is 3. The summed E-state index contributed by atoms with van der Waals surface area (Å²) in [5, 5.41) is 11.7. The zero-order valence-electron chi connectivity index (χ0n) is 23.5. The summed E-state index contributed by atoms with van der Waals surface area (Å²) in [6.07, 6.45) is 1.89. The molecule has 1 aliphatic carbocycles. The Bertz CT molecular complexity index is 1490. The molecule has 3 fully saturated rings. The van der Waals surface area contributed by atoms with E-state index in [1.54, 1.807) is 12.4 Å². The summed E-state index contributed by atoms with van der Waals surface area (Å²) >= 11 is 0. The number of hydrogen-bond acceptors (Lipinski definition) is 5. The number of nitrogens with one attached hydrogen (secondary N) is 1. The first-order chi connectivity index (χ1) is 19.6. The molecular formula is C31H35F3N6O. The molecule has 1 N–H and O–H groups in total. The van der Waals surface area contributed by atoms with Crippen LogP contribution in [0, 0.1) is 11.3 Å². The first-order valence-electron chi connectivity index (χ1n) is 14.5. The van der Waals surface area contributed by atoms with E-state index in [0.29, 0.717) is 17.3 Å². The van der Waals surface area contributed by atoms with Gasteiger partial charge in [0.05, 0.1) is 12.1 Å². The minimum Gasteiger partial charge on any atom is -0.370 e. The average Bonchev–Trinajstić information content (AvgIpc) is 3.47. The number of nitrogens with zero attached hydrogens (tertiary/aromatic N) is 5. The summed E-state index contributed by atoms with van der Waals surface area (Å²) in [5.41, 5.74) is 1.77. The number of amides is 1. The highest BCUT2D eigenvalue weighted by Gasteiger charge is 2.47. The van der Waals surface area contributed by atoms with Crippen LogP contribution in [0.3, 0.4) is 0 Å². The molecule has 41 heavy (non-hydrogen) atoms. The van der Waals surface area contributed by atoms with Crippen molar-refractivity contribution in [2.45, 2.75) is 57.2 Å². The number of piperidine rings is 1. The molecule has 0 atom stereocenters. The summed E-state index contributed by atoms with van der Waals surface area (Å²) < 4.78 is 45.0. The molecule has 3 aliphatic heterocycles. The van der Waals surface area contributed by atoms with E-state index in [-0.39, 0.29) is 34.4 Å². The van der Waals surface area contributed by atoms with Gasteiger partial charge in [0.1, 0.15) is 12.2 Å². The molecule has 10 heteroatoms. The molecule has 3 aromatic rings. The SMILES string of the molecule is Cn1cnnc1C[C@]1(c2cccc(N3Cc4c(cc(N5CC6(CCNCC6)C5)cc4C(F)(F)F)C3=O)c2)C[C@H](C)C1. The van der Waals surface area contributed by atoms with Gasteiger partial charge < -0.3 is 19.7 Å². The first-order valence-corrected chi connectivity index (χ1v) is 14.5. The summed E-state index contributed by atoms with van der Waals surface area (Å²) in [4.78, 5) is 17.3. The van der Waals surface area contributed by atoms with Crippen LogP contribution in [-0.2, 0) is 31.6 Å². The molecule has 1 saturated carbocycles. The second kappa shape index (κ2) is 9.31. The van der Waals surface area contributed by atoms with E-state index < -0.39 is 11.7 Å². The molecule has 0 radical (unpaired) electrons. The van der Waals surface area contributed by atoms with Crippen LogP contribution in [0.15, 0.2) is 42.7 Å². The molecule has 7 nitrogen and oxygen atoms in total. The Kier molecular flexibility index (Phi) is 6.01. The third kappa shape index (κ3) is 4.42. The third-order valence-electron chi connectivity index (χ3n) is 9.96. The molecule has 0 bridgehead atoms. The van der Waals surface area contributed by atoms with Crippen LogP contribution >= 0.6 is 0 Å². The van der Waals surface area contributed by atoms with Crippen molar-refractivity contribution in [1.29, 1.82) is 0 Å². The Morgan fingerprint density at radius 1 is 1.07 bits per heavy atom. The highest BCUT2D eigenvalue weighted by Crippen LogP contribution is 2.51. The number of carbonyl (C=O) groups excluding carboxylic acids is 1. The van der Waals surface area contributed by atoms with Gasteiger partial charge in [-0.05, 0) is 80.1 Å². The van der Waals surface area contributed by atoms with Crippen molar-refractivity contribution < 1.29 is 18.0 Å². The van der Waals surface area contributed by atoms with Gasteiger partial charge >= 0.3 is 6.18 Å². The summed E-state index contributed by atoms with van der Waals surface area (Å²) in [7, 11) is 1.93. The smallest absolute Gasteiger partial charge is 0.370 e. The maximum Gasteiger partial charge on any atom is 0.416 e. The zero-order chi connectivity index (χ0) is 28.6. The van der Waals surface area contributed by atoms with Crippen molar-refractivity contribution in [3.05, 3.63) is 70.8 Å². The molecule has 7 rings (SSSR count). The number of benzene rings is 2. The number of hydrogen-bond donors (Lipinski definition) is 1. The lowest BCUT2D eigenvalue weighted by atomic mass is 9.57. The van der Waals surface area contributed by atoms with Crippen molar-refractivity contribution >= 4 is 17.3 Å². The Morgan fingerprint density at radius 3 is 2.49 bits per heavy atom. The maximum atomic E-state index is 14.4. The number of anilines is 2. The zero-order valence-corrected chi connectivity index (χ0v) is 23.5. The summed E-state index contributed by atoms with van der Waals surface area (Å²) in [6, 6.07) is 10.8. The van der Waals surface area contributed by atoms with E-state index in [0.717, 1.165) is 69.7 Å². The Morgan fingerprint density at radius 2 is 1.83 bits per heavy atom. The van der Waals surface area contributed by atoms with Crippen LogP contribution in [-0.4, -0.2) is 46.9 Å². The molecule has 216 valence electrons. The number of aryl methyl sites for hydroxylation is 1. The van der Waals surface area contributed by atoms with Gasteiger partial charge in [0.2, 0.25) is 0 Å². The van der Waals surface area contributed by atoms with Crippen LogP contribution in [0.4, 0.5) is 24.5 Å². The Labute approximate surface area is 237 Å². The minimum atomic E-state index is -4.54. The predicted molar refractivity (Wildman–Crippen MR) is 150 cm³/mol. The second-order valence-electron chi connectivity index (χ2n) is 12.9. The van der Waals surface area contributed by atoms with Crippen LogP contribution in [0.2, 0.25) is 0 Å². The van der Waals surface area contributed by atoms with Crippen LogP contribution in [0.5, 0.6) is 0 Å². The van der Waals surface area contributed by atoms with E-state index in [1.807, 2.05) is 34.7 Å². The largest absolute Gasteiger partial charge is 0.416 e. The fourth-order valence-corrected chi connectivity index (χ4v) is 7.79. The molecule has 4 aliphatic rings. The lowest BCUT2D eigenvalue weighted by molar-refractivity contribution is -0.138. The Balaban J connectivity index is 1.19. The van der Waals surface area contributed by atoms with E-state index in [2.05, 4.69) is 28.5 Å². The van der Waals surface area contributed by atoms with Gasteiger partial charge in [-0.15, -0.1) is 10.2 Å². The lowest BCUT2D eigenvalue weighted by Crippen LogP contribution is -2.60. The van der Waals surface area contributed by atoms with Gasteiger partial charge in [-0.1, -0.05) is 19.1 Å². The first kappa shape index (κ1) is 26.5. The van der Waals surface area contributed by atoms with Crippen molar-refractivity contribution in [3.8, 4) is 0 Å².